The Kier molecular flexibility index (Phi) is 5.94. The highest BCUT2D eigenvalue weighted by molar-refractivity contribution is 6.19. The summed E-state index contributed by atoms with van der Waals surface area (Å²) in [5, 5.41) is 0. The van der Waals surface area contributed by atoms with Crippen LogP contribution >= 0.6 is 11.6 Å². The summed E-state index contributed by atoms with van der Waals surface area (Å²) in [6.45, 7) is 0. The van der Waals surface area contributed by atoms with Crippen molar-refractivity contribution in [2.45, 2.75) is 25.7 Å². The predicted molar refractivity (Wildman–Crippen MR) is 66.3 cm³/mol. The van der Waals surface area contributed by atoms with E-state index in [9.17, 15) is 4.79 Å². The van der Waals surface area contributed by atoms with Crippen LogP contribution in [0.25, 0.3) is 0 Å². The Morgan fingerprint density at radius 1 is 1.38 bits per heavy atom. The van der Waals surface area contributed by atoms with Crippen molar-refractivity contribution in [2.75, 3.05) is 13.0 Å². The van der Waals surface area contributed by atoms with E-state index in [1.165, 1.54) is 5.56 Å². The van der Waals surface area contributed by atoms with Crippen molar-refractivity contribution in [3.05, 3.63) is 29.8 Å². The molecule has 1 aromatic carbocycles. The van der Waals surface area contributed by atoms with Crippen molar-refractivity contribution in [1.82, 2.24) is 0 Å². The molecule has 0 radical (unpaired) electrons. The summed E-state index contributed by atoms with van der Waals surface area (Å²) < 4.78 is 5.14. The number of hydrogen-bond acceptors (Lipinski definition) is 2. The first kappa shape index (κ1) is 13.0. The fourth-order valence-electron chi connectivity index (χ4n) is 1.55. The number of ketones is 1. The highest BCUT2D eigenvalue weighted by Crippen LogP contribution is 2.14. The summed E-state index contributed by atoms with van der Waals surface area (Å²) in [6.07, 6.45) is 2.89. The smallest absolute Gasteiger partial charge is 0.134 e. The lowest BCUT2D eigenvalue weighted by atomic mass is 10.1. The Labute approximate surface area is 102 Å². The molecule has 1 rings (SSSR count). The fourth-order valence-corrected chi connectivity index (χ4v) is 1.76. The van der Waals surface area contributed by atoms with E-state index in [0.717, 1.165) is 18.6 Å². The topological polar surface area (TPSA) is 26.3 Å². The lowest BCUT2D eigenvalue weighted by Gasteiger charge is -2.04. The molecular formula is C13H17ClO2. The lowest BCUT2D eigenvalue weighted by Crippen LogP contribution is -1.99. The Bertz CT molecular complexity index is 336. The molecule has 0 amide bonds. The van der Waals surface area contributed by atoms with E-state index in [2.05, 4.69) is 6.07 Å². The van der Waals surface area contributed by atoms with Crippen LogP contribution in [0.1, 0.15) is 24.8 Å². The molecule has 0 atom stereocenters. The Hall–Kier alpha value is -1.02. The minimum atomic E-state index is 0.248. The van der Waals surface area contributed by atoms with Crippen LogP contribution < -0.4 is 4.74 Å². The van der Waals surface area contributed by atoms with Gasteiger partial charge in [0.05, 0.1) is 7.11 Å². The number of hydrogen-bond donors (Lipinski definition) is 0. The van der Waals surface area contributed by atoms with E-state index in [1.54, 1.807) is 7.11 Å². The van der Waals surface area contributed by atoms with Gasteiger partial charge in [0.15, 0.2) is 0 Å². The summed E-state index contributed by atoms with van der Waals surface area (Å²) >= 11 is 5.49. The van der Waals surface area contributed by atoms with Crippen LogP contribution in [0.5, 0.6) is 5.75 Å². The first-order chi connectivity index (χ1) is 7.76. The summed E-state index contributed by atoms with van der Waals surface area (Å²) in [5.74, 6) is 1.54. The zero-order valence-corrected chi connectivity index (χ0v) is 10.3. The average Bonchev–Trinajstić information content (AvgIpc) is 2.30. The predicted octanol–water partition coefficient (Wildman–Crippen LogP) is 3.22. The summed E-state index contributed by atoms with van der Waals surface area (Å²) in [7, 11) is 1.66. The van der Waals surface area contributed by atoms with Gasteiger partial charge in [0, 0.05) is 18.7 Å². The summed E-state index contributed by atoms with van der Waals surface area (Å²) in [4.78, 5) is 11.2. The zero-order chi connectivity index (χ0) is 11.8. The number of carbonyl (C=O) groups is 1. The molecule has 0 saturated heterocycles. The Morgan fingerprint density at radius 2 is 2.19 bits per heavy atom. The highest BCUT2D eigenvalue weighted by atomic mass is 35.5. The third-order valence-electron chi connectivity index (χ3n) is 2.43. The second kappa shape index (κ2) is 7.29. The average molecular weight is 241 g/mol. The number of benzene rings is 1. The van der Waals surface area contributed by atoms with E-state index in [4.69, 9.17) is 16.3 Å². The monoisotopic (exact) mass is 240 g/mol. The van der Waals surface area contributed by atoms with Gasteiger partial charge >= 0.3 is 0 Å². The number of methoxy groups -OCH3 is 1. The Balaban J connectivity index is 2.34. The van der Waals surface area contributed by atoms with Crippen LogP contribution in [0, 0.1) is 0 Å². The van der Waals surface area contributed by atoms with Gasteiger partial charge in [-0.3, -0.25) is 4.79 Å². The first-order valence-corrected chi connectivity index (χ1v) is 6.00. The maximum absolute atomic E-state index is 11.2. The van der Waals surface area contributed by atoms with Gasteiger partial charge in [0.25, 0.3) is 0 Å². The number of carbonyl (C=O) groups excluding carboxylic acids is 1. The molecule has 1 aromatic rings. The molecule has 3 heteroatoms. The second-order valence-corrected chi connectivity index (χ2v) is 4.06. The van der Waals surface area contributed by atoms with Gasteiger partial charge in [-0.05, 0) is 30.5 Å². The Morgan fingerprint density at radius 3 is 2.88 bits per heavy atom. The van der Waals surface area contributed by atoms with Crippen molar-refractivity contribution >= 4 is 17.4 Å². The van der Waals surface area contributed by atoms with Crippen LogP contribution in [0.2, 0.25) is 0 Å². The minimum absolute atomic E-state index is 0.248. The molecule has 0 unspecified atom stereocenters. The highest BCUT2D eigenvalue weighted by Gasteiger charge is 2.01. The molecule has 0 spiro atoms. The van der Waals surface area contributed by atoms with Crippen LogP contribution in [0.4, 0.5) is 0 Å². The van der Waals surface area contributed by atoms with Crippen molar-refractivity contribution in [3.8, 4) is 5.75 Å². The molecule has 0 N–H and O–H groups in total. The van der Waals surface area contributed by atoms with E-state index < -0.39 is 0 Å². The third-order valence-corrected chi connectivity index (χ3v) is 2.62. The number of aryl methyl sites for hydroxylation is 1. The molecule has 0 aliphatic carbocycles. The maximum atomic E-state index is 11.2. The molecular weight excluding hydrogens is 224 g/mol. The van der Waals surface area contributed by atoms with E-state index in [-0.39, 0.29) is 5.78 Å². The molecule has 0 aliphatic heterocycles. The largest absolute Gasteiger partial charge is 0.497 e. The van der Waals surface area contributed by atoms with Gasteiger partial charge in [-0.2, -0.15) is 0 Å². The van der Waals surface area contributed by atoms with Gasteiger partial charge in [0.2, 0.25) is 0 Å². The molecule has 88 valence electrons. The van der Waals surface area contributed by atoms with E-state index >= 15 is 0 Å². The van der Waals surface area contributed by atoms with Crippen molar-refractivity contribution in [3.63, 3.8) is 0 Å². The quantitative estimate of drug-likeness (QED) is 0.684. The normalized spacial score (nSPS) is 10.1. The third kappa shape index (κ3) is 4.67. The summed E-state index contributed by atoms with van der Waals surface area (Å²) in [5.41, 5.74) is 1.21. The SMILES string of the molecule is COc1cccc(CCCC(=O)CCCl)c1. The number of Topliss-reactive ketones (excluding diaryl/α,β-unsaturated/α-hetero) is 1. The lowest BCUT2D eigenvalue weighted by molar-refractivity contribution is -0.118. The van der Waals surface area contributed by atoms with E-state index in [0.29, 0.717) is 18.7 Å². The first-order valence-electron chi connectivity index (χ1n) is 5.47. The molecule has 0 saturated carbocycles. The molecule has 0 heterocycles. The van der Waals surface area contributed by atoms with Crippen LogP contribution in [-0.2, 0) is 11.2 Å². The number of halogens is 1. The number of rotatable bonds is 7. The second-order valence-electron chi connectivity index (χ2n) is 3.68. The summed E-state index contributed by atoms with van der Waals surface area (Å²) in [6, 6.07) is 7.94. The van der Waals surface area contributed by atoms with Gasteiger partial charge in [0.1, 0.15) is 11.5 Å². The standard InChI is InChI=1S/C13H17ClO2/c1-16-13-7-3-5-11(10-13)4-2-6-12(15)8-9-14/h3,5,7,10H,2,4,6,8-9H2,1H3. The van der Waals surface area contributed by atoms with Gasteiger partial charge in [-0.15, -0.1) is 11.6 Å². The van der Waals surface area contributed by atoms with Gasteiger partial charge in [-0.25, -0.2) is 0 Å². The molecule has 2 nitrogen and oxygen atoms in total. The van der Waals surface area contributed by atoms with Gasteiger partial charge in [-0.1, -0.05) is 12.1 Å². The van der Waals surface area contributed by atoms with Crippen molar-refractivity contribution in [2.24, 2.45) is 0 Å². The van der Waals surface area contributed by atoms with Crippen molar-refractivity contribution < 1.29 is 9.53 Å². The molecule has 16 heavy (non-hydrogen) atoms. The zero-order valence-electron chi connectivity index (χ0n) is 9.54. The number of ether oxygens (including phenoxy) is 1. The van der Waals surface area contributed by atoms with Crippen molar-refractivity contribution in [1.29, 1.82) is 0 Å². The fraction of sp³-hybridized carbons (Fsp3) is 0.462. The van der Waals surface area contributed by atoms with Gasteiger partial charge < -0.3 is 4.74 Å². The maximum Gasteiger partial charge on any atom is 0.134 e. The molecule has 0 fully saturated rings. The van der Waals surface area contributed by atoms with Crippen LogP contribution in [-0.4, -0.2) is 18.8 Å². The molecule has 0 aromatic heterocycles. The van der Waals surface area contributed by atoms with E-state index in [1.807, 2.05) is 18.2 Å². The molecule has 0 aliphatic rings. The molecule has 0 bridgehead atoms. The number of alkyl halides is 1. The van der Waals surface area contributed by atoms with Crippen LogP contribution in [0.3, 0.4) is 0 Å². The van der Waals surface area contributed by atoms with Crippen LogP contribution in [0.15, 0.2) is 24.3 Å². The minimum Gasteiger partial charge on any atom is -0.497 e.